The topological polar surface area (TPSA) is 78.7 Å². The van der Waals surface area contributed by atoms with Crippen LogP contribution in [0.15, 0.2) is 42.5 Å². The lowest BCUT2D eigenvalue weighted by Gasteiger charge is -2.07. The maximum Gasteiger partial charge on any atom is 0.514 e. The zero-order valence-corrected chi connectivity index (χ0v) is 12.5. The summed E-state index contributed by atoms with van der Waals surface area (Å²) in [5.74, 6) is 0.137. The summed E-state index contributed by atoms with van der Waals surface area (Å²) in [4.78, 5) is 21.5. The molecule has 2 rings (SSSR count). The van der Waals surface area contributed by atoms with Crippen LogP contribution < -0.4 is 4.74 Å². The van der Waals surface area contributed by atoms with Gasteiger partial charge in [0.2, 0.25) is 0 Å². The molecule has 0 aliphatic heterocycles. The third-order valence-electron chi connectivity index (χ3n) is 2.61. The van der Waals surface area contributed by atoms with Crippen molar-refractivity contribution in [1.82, 2.24) is 0 Å². The van der Waals surface area contributed by atoms with Crippen LogP contribution in [0.1, 0.15) is 5.56 Å². The first kappa shape index (κ1) is 16.1. The molecule has 2 aromatic carbocycles. The van der Waals surface area contributed by atoms with Gasteiger partial charge in [-0.05, 0) is 24.3 Å². The summed E-state index contributed by atoms with van der Waals surface area (Å²) >= 11 is 11.7. The van der Waals surface area contributed by atoms with Gasteiger partial charge in [0.1, 0.15) is 12.4 Å². The van der Waals surface area contributed by atoms with Crippen molar-refractivity contribution in [3.05, 3.63) is 68.2 Å². The fourth-order valence-electron chi connectivity index (χ4n) is 1.54. The van der Waals surface area contributed by atoms with E-state index in [1.165, 1.54) is 30.3 Å². The molecule has 0 radical (unpaired) electrons. The quantitative estimate of drug-likeness (QED) is 0.351. The molecule has 0 saturated heterocycles. The number of benzene rings is 2. The molecule has 0 N–H and O–H groups in total. The van der Waals surface area contributed by atoms with E-state index in [-0.39, 0.29) is 18.0 Å². The predicted molar refractivity (Wildman–Crippen MR) is 80.4 cm³/mol. The zero-order valence-electron chi connectivity index (χ0n) is 11.0. The van der Waals surface area contributed by atoms with Gasteiger partial charge in [0.15, 0.2) is 0 Å². The van der Waals surface area contributed by atoms with Gasteiger partial charge in [-0.25, -0.2) is 4.79 Å². The average Bonchev–Trinajstić information content (AvgIpc) is 2.47. The van der Waals surface area contributed by atoms with Gasteiger partial charge in [-0.2, -0.15) is 0 Å². The second-order valence-electron chi connectivity index (χ2n) is 4.13. The van der Waals surface area contributed by atoms with E-state index >= 15 is 0 Å². The number of halogens is 2. The maximum atomic E-state index is 11.5. The number of nitro groups is 1. The standard InChI is InChI=1S/C14H9Cl2NO5/c15-10-2-1-9(13(16)7-10)8-21-14(18)22-12-5-3-11(4-6-12)17(19)20/h1-7H,8H2. The molecule has 0 aromatic heterocycles. The van der Waals surface area contributed by atoms with E-state index in [4.69, 9.17) is 32.7 Å². The molecule has 6 nitrogen and oxygen atoms in total. The lowest BCUT2D eigenvalue weighted by Crippen LogP contribution is -2.10. The molecule has 8 heteroatoms. The van der Waals surface area contributed by atoms with Crippen LogP contribution in [-0.2, 0) is 11.3 Å². The molecule has 0 bridgehead atoms. The first-order chi connectivity index (χ1) is 10.5. The highest BCUT2D eigenvalue weighted by molar-refractivity contribution is 6.35. The van der Waals surface area contributed by atoms with Gasteiger partial charge in [-0.3, -0.25) is 10.1 Å². The second-order valence-corrected chi connectivity index (χ2v) is 4.97. The Morgan fingerprint density at radius 2 is 1.82 bits per heavy atom. The van der Waals surface area contributed by atoms with Crippen LogP contribution in [0.4, 0.5) is 10.5 Å². The highest BCUT2D eigenvalue weighted by Gasteiger charge is 2.10. The molecule has 2 aromatic rings. The Bertz CT molecular complexity index is 703. The zero-order chi connectivity index (χ0) is 16.1. The highest BCUT2D eigenvalue weighted by Crippen LogP contribution is 2.22. The van der Waals surface area contributed by atoms with Crippen molar-refractivity contribution in [2.45, 2.75) is 6.61 Å². The molecule has 0 unspecified atom stereocenters. The summed E-state index contributed by atoms with van der Waals surface area (Å²) in [5.41, 5.74) is 0.473. The van der Waals surface area contributed by atoms with E-state index in [2.05, 4.69) is 0 Å². The van der Waals surface area contributed by atoms with Gasteiger partial charge < -0.3 is 9.47 Å². The third-order valence-corrected chi connectivity index (χ3v) is 3.20. The second kappa shape index (κ2) is 7.11. The van der Waals surface area contributed by atoms with Crippen LogP contribution in [0.5, 0.6) is 5.75 Å². The molecule has 0 spiro atoms. The van der Waals surface area contributed by atoms with Crippen LogP contribution in [0.2, 0.25) is 10.0 Å². The van der Waals surface area contributed by atoms with Crippen molar-refractivity contribution in [2.75, 3.05) is 0 Å². The van der Waals surface area contributed by atoms with Crippen molar-refractivity contribution in [3.8, 4) is 5.75 Å². The summed E-state index contributed by atoms with van der Waals surface area (Å²) in [7, 11) is 0. The first-order valence-electron chi connectivity index (χ1n) is 5.98. The van der Waals surface area contributed by atoms with Gasteiger partial charge in [-0.15, -0.1) is 0 Å². The smallest absolute Gasteiger partial charge is 0.429 e. The summed E-state index contributed by atoms with van der Waals surface area (Å²) in [6, 6.07) is 9.82. The van der Waals surface area contributed by atoms with Crippen LogP contribution in [-0.4, -0.2) is 11.1 Å². The van der Waals surface area contributed by atoms with Crippen molar-refractivity contribution >= 4 is 35.0 Å². The lowest BCUT2D eigenvalue weighted by molar-refractivity contribution is -0.384. The van der Waals surface area contributed by atoms with Crippen LogP contribution >= 0.6 is 23.2 Å². The largest absolute Gasteiger partial charge is 0.514 e. The molecule has 114 valence electrons. The molecule has 0 amide bonds. The highest BCUT2D eigenvalue weighted by atomic mass is 35.5. The Morgan fingerprint density at radius 3 is 2.41 bits per heavy atom. The monoisotopic (exact) mass is 341 g/mol. The third kappa shape index (κ3) is 4.34. The van der Waals surface area contributed by atoms with Gasteiger partial charge in [-0.1, -0.05) is 29.3 Å². The summed E-state index contributed by atoms with van der Waals surface area (Å²) in [5, 5.41) is 11.3. The number of ether oxygens (including phenoxy) is 2. The molecule has 0 saturated carbocycles. The van der Waals surface area contributed by atoms with Gasteiger partial charge in [0, 0.05) is 27.7 Å². The Labute approximate surface area is 135 Å². The van der Waals surface area contributed by atoms with E-state index in [0.29, 0.717) is 15.6 Å². The summed E-state index contributed by atoms with van der Waals surface area (Å²) in [6.07, 6.45) is -0.945. The van der Waals surface area contributed by atoms with Crippen LogP contribution in [0.3, 0.4) is 0 Å². The molecule has 0 heterocycles. The number of hydrogen-bond donors (Lipinski definition) is 0. The number of nitrogens with zero attached hydrogens (tertiary/aromatic N) is 1. The van der Waals surface area contributed by atoms with E-state index in [0.717, 1.165) is 0 Å². The van der Waals surface area contributed by atoms with E-state index in [1.807, 2.05) is 0 Å². The molecule has 0 aliphatic rings. The minimum atomic E-state index is -0.945. The van der Waals surface area contributed by atoms with Crippen molar-refractivity contribution in [3.63, 3.8) is 0 Å². The fourth-order valence-corrected chi connectivity index (χ4v) is 2.00. The van der Waals surface area contributed by atoms with Crippen LogP contribution in [0, 0.1) is 10.1 Å². The minimum absolute atomic E-state index is 0.0815. The maximum absolute atomic E-state index is 11.5. The first-order valence-corrected chi connectivity index (χ1v) is 6.74. The SMILES string of the molecule is O=C(OCc1ccc(Cl)cc1Cl)Oc1ccc([N+](=O)[O-])cc1. The summed E-state index contributed by atoms with van der Waals surface area (Å²) < 4.78 is 9.79. The van der Waals surface area contributed by atoms with Crippen molar-refractivity contribution in [2.24, 2.45) is 0 Å². The van der Waals surface area contributed by atoms with E-state index in [9.17, 15) is 14.9 Å². The fraction of sp³-hybridized carbons (Fsp3) is 0.0714. The molecule has 0 fully saturated rings. The van der Waals surface area contributed by atoms with Gasteiger partial charge in [0.25, 0.3) is 5.69 Å². The van der Waals surface area contributed by atoms with Gasteiger partial charge >= 0.3 is 6.16 Å². The number of nitro benzene ring substituents is 1. The Kier molecular flexibility index (Phi) is 5.19. The normalized spacial score (nSPS) is 10.1. The Balaban J connectivity index is 1.91. The molecule has 0 atom stereocenters. The lowest BCUT2D eigenvalue weighted by atomic mass is 10.2. The molecular weight excluding hydrogens is 333 g/mol. The molecule has 22 heavy (non-hydrogen) atoms. The number of carbonyl (C=O) groups excluding carboxylic acids is 1. The average molecular weight is 342 g/mol. The van der Waals surface area contributed by atoms with Crippen LogP contribution in [0.25, 0.3) is 0 Å². The number of rotatable bonds is 4. The Hall–Kier alpha value is -2.31. The van der Waals surface area contributed by atoms with Crippen molar-refractivity contribution < 1.29 is 19.2 Å². The number of non-ortho nitro benzene ring substituents is 1. The Morgan fingerprint density at radius 1 is 1.14 bits per heavy atom. The van der Waals surface area contributed by atoms with E-state index < -0.39 is 11.1 Å². The minimum Gasteiger partial charge on any atom is -0.429 e. The number of hydrogen-bond acceptors (Lipinski definition) is 5. The van der Waals surface area contributed by atoms with E-state index in [1.54, 1.807) is 12.1 Å². The van der Waals surface area contributed by atoms with Crippen molar-refractivity contribution in [1.29, 1.82) is 0 Å². The molecular formula is C14H9Cl2NO5. The predicted octanol–water partition coefficient (Wildman–Crippen LogP) is 4.62. The summed E-state index contributed by atoms with van der Waals surface area (Å²) in [6.45, 7) is -0.0815. The number of carbonyl (C=O) groups is 1. The molecule has 0 aliphatic carbocycles. The van der Waals surface area contributed by atoms with Gasteiger partial charge in [0.05, 0.1) is 4.92 Å².